The van der Waals surface area contributed by atoms with Gasteiger partial charge in [-0.2, -0.15) is 4.31 Å². The summed E-state index contributed by atoms with van der Waals surface area (Å²) in [5.74, 6) is -0.171. The molecule has 0 aliphatic carbocycles. The van der Waals surface area contributed by atoms with E-state index in [1.54, 1.807) is 23.4 Å². The minimum absolute atomic E-state index is 0.171. The number of rotatable bonds is 7. The molecule has 0 bridgehead atoms. The maximum absolute atomic E-state index is 13.0. The van der Waals surface area contributed by atoms with Gasteiger partial charge in [-0.15, -0.1) is 0 Å². The molecule has 1 aliphatic rings. The van der Waals surface area contributed by atoms with Gasteiger partial charge in [0.15, 0.2) is 0 Å². The lowest BCUT2D eigenvalue weighted by Gasteiger charge is -2.34. The number of hydrogen-bond donors (Lipinski definition) is 0. The van der Waals surface area contributed by atoms with E-state index in [-0.39, 0.29) is 5.97 Å². The highest BCUT2D eigenvalue weighted by Gasteiger charge is 2.28. The van der Waals surface area contributed by atoms with Gasteiger partial charge in [-0.3, -0.25) is 4.79 Å². The van der Waals surface area contributed by atoms with Crippen molar-refractivity contribution in [2.45, 2.75) is 24.7 Å². The second-order valence-electron chi connectivity index (χ2n) is 6.66. The molecule has 0 saturated carbocycles. The number of nitrogens with zero attached hydrogens (tertiary/aromatic N) is 2. The van der Waals surface area contributed by atoms with E-state index in [0.717, 1.165) is 23.7 Å². The predicted molar refractivity (Wildman–Crippen MR) is 105 cm³/mol. The number of carbonyl (C=O) groups is 1. The molecule has 1 aliphatic heterocycles. The van der Waals surface area contributed by atoms with E-state index in [9.17, 15) is 13.2 Å². The quantitative estimate of drug-likeness (QED) is 0.680. The molecule has 1 fully saturated rings. The molecule has 1 saturated heterocycles. The zero-order valence-electron chi connectivity index (χ0n) is 15.6. The van der Waals surface area contributed by atoms with E-state index in [1.807, 2.05) is 30.3 Å². The standard InChI is InChI=1S/C20H26N2O4S/c1-2-26-20(23)8-5-11-21-12-14-22(15-13-21)27(24,25)19-10-9-17-6-3-4-7-18(17)16-19/h3-4,6-7,9-10,16H,2,5,8,11-15H2,1H3. The number of hydrogen-bond acceptors (Lipinski definition) is 5. The zero-order valence-corrected chi connectivity index (χ0v) is 16.5. The average molecular weight is 391 g/mol. The van der Waals surface area contributed by atoms with Gasteiger partial charge < -0.3 is 9.64 Å². The monoisotopic (exact) mass is 390 g/mol. The molecule has 0 radical (unpaired) electrons. The van der Waals surface area contributed by atoms with Crippen LogP contribution in [0.15, 0.2) is 47.4 Å². The summed E-state index contributed by atoms with van der Waals surface area (Å²) in [6, 6.07) is 13.0. The van der Waals surface area contributed by atoms with Crippen LogP contribution in [0.4, 0.5) is 0 Å². The molecule has 7 heteroatoms. The van der Waals surface area contributed by atoms with Gasteiger partial charge in [-0.05, 0) is 42.8 Å². The number of carbonyl (C=O) groups excluding carboxylic acids is 1. The summed E-state index contributed by atoms with van der Waals surface area (Å²) in [5.41, 5.74) is 0. The Morgan fingerprint density at radius 3 is 2.44 bits per heavy atom. The van der Waals surface area contributed by atoms with Crippen molar-refractivity contribution >= 4 is 26.8 Å². The second-order valence-corrected chi connectivity index (χ2v) is 8.60. The number of fused-ring (bicyclic) bond motifs is 1. The Balaban J connectivity index is 1.57. The van der Waals surface area contributed by atoms with Crippen molar-refractivity contribution in [2.75, 3.05) is 39.3 Å². The molecule has 2 aromatic carbocycles. The summed E-state index contributed by atoms with van der Waals surface area (Å²) >= 11 is 0. The van der Waals surface area contributed by atoms with Crippen LogP contribution in [0.1, 0.15) is 19.8 Å². The molecular formula is C20H26N2O4S. The molecule has 1 heterocycles. The first-order chi connectivity index (χ1) is 13.0. The minimum Gasteiger partial charge on any atom is -0.466 e. The number of ether oxygens (including phenoxy) is 1. The van der Waals surface area contributed by atoms with Crippen molar-refractivity contribution in [3.63, 3.8) is 0 Å². The van der Waals surface area contributed by atoms with E-state index >= 15 is 0 Å². The van der Waals surface area contributed by atoms with Gasteiger partial charge >= 0.3 is 5.97 Å². The highest BCUT2D eigenvalue weighted by Crippen LogP contribution is 2.22. The normalized spacial score (nSPS) is 16.5. The van der Waals surface area contributed by atoms with Crippen molar-refractivity contribution in [1.29, 1.82) is 0 Å². The maximum atomic E-state index is 13.0. The highest BCUT2D eigenvalue weighted by atomic mass is 32.2. The Hall–Kier alpha value is -1.96. The molecule has 0 spiro atoms. The highest BCUT2D eigenvalue weighted by molar-refractivity contribution is 7.89. The zero-order chi connectivity index (χ0) is 19.3. The Morgan fingerprint density at radius 2 is 1.74 bits per heavy atom. The molecule has 146 valence electrons. The average Bonchev–Trinajstić information content (AvgIpc) is 2.68. The first-order valence-corrected chi connectivity index (χ1v) is 10.8. The lowest BCUT2D eigenvalue weighted by atomic mass is 10.1. The molecular weight excluding hydrogens is 364 g/mol. The van der Waals surface area contributed by atoms with Gasteiger partial charge in [0.2, 0.25) is 10.0 Å². The number of benzene rings is 2. The van der Waals surface area contributed by atoms with Gasteiger partial charge in [0.25, 0.3) is 0 Å². The first kappa shape index (κ1) is 19.8. The van der Waals surface area contributed by atoms with Crippen molar-refractivity contribution < 1.29 is 17.9 Å². The van der Waals surface area contributed by atoms with Crippen LogP contribution < -0.4 is 0 Å². The third kappa shape index (κ3) is 4.86. The molecule has 6 nitrogen and oxygen atoms in total. The van der Waals surface area contributed by atoms with Crippen LogP contribution in [0.3, 0.4) is 0 Å². The van der Waals surface area contributed by atoms with Crippen LogP contribution in [0, 0.1) is 0 Å². The van der Waals surface area contributed by atoms with Gasteiger partial charge in [0.05, 0.1) is 11.5 Å². The second kappa shape index (κ2) is 8.82. The predicted octanol–water partition coefficient (Wildman–Crippen LogP) is 2.49. The van der Waals surface area contributed by atoms with E-state index < -0.39 is 10.0 Å². The minimum atomic E-state index is -3.49. The maximum Gasteiger partial charge on any atom is 0.305 e. The fourth-order valence-corrected chi connectivity index (χ4v) is 4.81. The molecule has 0 unspecified atom stereocenters. The van der Waals surface area contributed by atoms with Crippen LogP contribution in [0.25, 0.3) is 10.8 Å². The van der Waals surface area contributed by atoms with Gasteiger partial charge in [-0.25, -0.2) is 8.42 Å². The van der Waals surface area contributed by atoms with Gasteiger partial charge in [0.1, 0.15) is 0 Å². The van der Waals surface area contributed by atoms with E-state index in [1.165, 1.54) is 0 Å². The van der Waals surface area contributed by atoms with E-state index in [2.05, 4.69) is 4.90 Å². The van der Waals surface area contributed by atoms with Crippen molar-refractivity contribution in [3.05, 3.63) is 42.5 Å². The SMILES string of the molecule is CCOC(=O)CCCN1CCN(S(=O)(=O)c2ccc3ccccc3c2)CC1. The van der Waals surface area contributed by atoms with E-state index in [0.29, 0.717) is 44.1 Å². The van der Waals surface area contributed by atoms with Crippen LogP contribution in [-0.2, 0) is 19.6 Å². The third-order valence-electron chi connectivity index (χ3n) is 4.85. The van der Waals surface area contributed by atoms with Crippen molar-refractivity contribution in [1.82, 2.24) is 9.21 Å². The molecule has 0 aromatic heterocycles. The van der Waals surface area contributed by atoms with Crippen molar-refractivity contribution in [3.8, 4) is 0 Å². The Bertz CT molecular complexity index is 890. The molecule has 0 amide bonds. The molecule has 0 atom stereocenters. The fourth-order valence-electron chi connectivity index (χ4n) is 3.35. The third-order valence-corrected chi connectivity index (χ3v) is 6.75. The molecule has 3 rings (SSSR count). The fraction of sp³-hybridized carbons (Fsp3) is 0.450. The summed E-state index contributed by atoms with van der Waals surface area (Å²) in [5, 5.41) is 1.96. The summed E-state index contributed by atoms with van der Waals surface area (Å²) in [4.78, 5) is 13.9. The Labute approximate surface area is 160 Å². The largest absolute Gasteiger partial charge is 0.466 e. The van der Waals surface area contributed by atoms with Crippen LogP contribution in [-0.4, -0.2) is 62.9 Å². The van der Waals surface area contributed by atoms with Gasteiger partial charge in [0, 0.05) is 32.6 Å². The summed E-state index contributed by atoms with van der Waals surface area (Å²) in [6.07, 6.45) is 1.14. The molecule has 0 N–H and O–H groups in total. The summed E-state index contributed by atoms with van der Waals surface area (Å²) in [7, 11) is -3.49. The summed E-state index contributed by atoms with van der Waals surface area (Å²) in [6.45, 7) is 5.27. The number of sulfonamides is 1. The Kier molecular flexibility index (Phi) is 6.46. The summed E-state index contributed by atoms with van der Waals surface area (Å²) < 4.78 is 32.4. The van der Waals surface area contributed by atoms with E-state index in [4.69, 9.17) is 4.74 Å². The van der Waals surface area contributed by atoms with Crippen LogP contribution >= 0.6 is 0 Å². The van der Waals surface area contributed by atoms with Crippen molar-refractivity contribution in [2.24, 2.45) is 0 Å². The van der Waals surface area contributed by atoms with Crippen LogP contribution in [0.2, 0.25) is 0 Å². The Morgan fingerprint density at radius 1 is 1.04 bits per heavy atom. The number of piperazine rings is 1. The molecule has 27 heavy (non-hydrogen) atoms. The smallest absolute Gasteiger partial charge is 0.305 e. The topological polar surface area (TPSA) is 66.9 Å². The molecule has 2 aromatic rings. The first-order valence-electron chi connectivity index (χ1n) is 9.37. The van der Waals surface area contributed by atoms with Crippen LogP contribution in [0.5, 0.6) is 0 Å². The van der Waals surface area contributed by atoms with Gasteiger partial charge in [-0.1, -0.05) is 30.3 Å². The lowest BCUT2D eigenvalue weighted by Crippen LogP contribution is -2.48. The number of esters is 1. The lowest BCUT2D eigenvalue weighted by molar-refractivity contribution is -0.143.